The molecule has 27 heavy (non-hydrogen) atoms. The van der Waals surface area contributed by atoms with E-state index in [1.165, 1.54) is 12.4 Å². The van der Waals surface area contributed by atoms with Crippen molar-refractivity contribution in [3.63, 3.8) is 0 Å². The predicted molar refractivity (Wildman–Crippen MR) is 97.4 cm³/mol. The largest absolute Gasteiger partial charge is 0.320 e. The maximum atomic E-state index is 14.4. The third-order valence-electron chi connectivity index (χ3n) is 4.79. The highest BCUT2D eigenvalue weighted by Gasteiger charge is 2.23. The average Bonchev–Trinajstić information content (AvgIpc) is 3.32. The minimum Gasteiger partial charge on any atom is -0.320 e. The summed E-state index contributed by atoms with van der Waals surface area (Å²) >= 11 is 0. The summed E-state index contributed by atoms with van der Waals surface area (Å²) in [4.78, 5) is 16.5. The van der Waals surface area contributed by atoms with Crippen molar-refractivity contribution in [1.82, 2.24) is 29.9 Å². The van der Waals surface area contributed by atoms with Crippen molar-refractivity contribution >= 4 is 11.6 Å². The molecule has 8 nitrogen and oxygen atoms in total. The van der Waals surface area contributed by atoms with Gasteiger partial charge in [0.05, 0.1) is 23.8 Å². The van der Waals surface area contributed by atoms with Crippen LogP contribution < -0.4 is 10.6 Å². The highest BCUT2D eigenvalue weighted by Crippen LogP contribution is 2.22. The number of carbonyl (C=O) groups is 1. The number of rotatable bonds is 4. The molecule has 1 saturated heterocycles. The van der Waals surface area contributed by atoms with Crippen molar-refractivity contribution in [2.24, 2.45) is 0 Å². The molecule has 0 atom stereocenters. The monoisotopic (exact) mass is 369 g/mol. The molecule has 0 unspecified atom stereocenters. The van der Waals surface area contributed by atoms with Crippen LogP contribution in [0.1, 0.15) is 35.1 Å². The van der Waals surface area contributed by atoms with E-state index in [9.17, 15) is 9.18 Å². The second-order valence-corrected chi connectivity index (χ2v) is 6.54. The van der Waals surface area contributed by atoms with Gasteiger partial charge in [-0.25, -0.2) is 14.1 Å². The van der Waals surface area contributed by atoms with Gasteiger partial charge in [-0.3, -0.25) is 4.79 Å². The molecule has 1 aliphatic heterocycles. The maximum Gasteiger partial charge on any atom is 0.278 e. The number of benzene rings is 1. The van der Waals surface area contributed by atoms with Crippen molar-refractivity contribution in [2.75, 3.05) is 18.4 Å². The van der Waals surface area contributed by atoms with Gasteiger partial charge in [-0.1, -0.05) is 5.21 Å². The Bertz CT molecular complexity index is 945. The van der Waals surface area contributed by atoms with Gasteiger partial charge >= 0.3 is 0 Å². The van der Waals surface area contributed by atoms with Gasteiger partial charge in [0.2, 0.25) is 0 Å². The molecule has 2 N–H and O–H groups in total. The Hall–Kier alpha value is -3.07. The average molecular weight is 369 g/mol. The summed E-state index contributed by atoms with van der Waals surface area (Å²) in [6.07, 6.45) is 6.64. The topological polar surface area (TPSA) is 89.7 Å². The maximum absolute atomic E-state index is 14.4. The van der Waals surface area contributed by atoms with Crippen LogP contribution in [0.5, 0.6) is 0 Å². The van der Waals surface area contributed by atoms with E-state index in [1.54, 1.807) is 29.1 Å². The number of hydrogen-bond donors (Lipinski definition) is 2. The van der Waals surface area contributed by atoms with Gasteiger partial charge in [0.25, 0.3) is 5.91 Å². The van der Waals surface area contributed by atoms with Gasteiger partial charge in [0, 0.05) is 18.1 Å². The molecule has 3 aromatic rings. The third kappa shape index (κ3) is 3.45. The van der Waals surface area contributed by atoms with E-state index in [-0.39, 0.29) is 11.7 Å². The van der Waals surface area contributed by atoms with Gasteiger partial charge in [-0.2, -0.15) is 0 Å². The fourth-order valence-electron chi connectivity index (χ4n) is 3.33. The quantitative estimate of drug-likeness (QED) is 0.735. The van der Waals surface area contributed by atoms with Crippen LogP contribution in [0.4, 0.5) is 10.1 Å². The first-order valence-electron chi connectivity index (χ1n) is 8.85. The molecule has 9 heteroatoms. The van der Waals surface area contributed by atoms with Gasteiger partial charge in [0.1, 0.15) is 5.82 Å². The summed E-state index contributed by atoms with van der Waals surface area (Å²) in [6.45, 7) is 3.68. The number of halogens is 1. The normalized spacial score (nSPS) is 15.0. The Morgan fingerprint density at radius 3 is 2.85 bits per heavy atom. The minimum atomic E-state index is -0.458. The minimum absolute atomic E-state index is 0.243. The van der Waals surface area contributed by atoms with Crippen LogP contribution in [-0.4, -0.2) is 43.5 Å². The van der Waals surface area contributed by atoms with Crippen LogP contribution in [0.25, 0.3) is 5.69 Å². The van der Waals surface area contributed by atoms with Crippen LogP contribution in [-0.2, 0) is 0 Å². The van der Waals surface area contributed by atoms with Crippen LogP contribution >= 0.6 is 0 Å². The zero-order chi connectivity index (χ0) is 18.8. The summed E-state index contributed by atoms with van der Waals surface area (Å²) in [6, 6.07) is 4.75. The van der Waals surface area contributed by atoms with E-state index in [4.69, 9.17) is 0 Å². The molecule has 1 aliphatic rings. The molecule has 0 saturated carbocycles. The second-order valence-electron chi connectivity index (χ2n) is 6.54. The molecule has 0 spiro atoms. The predicted octanol–water partition coefficient (Wildman–Crippen LogP) is 2.09. The Morgan fingerprint density at radius 2 is 2.15 bits per heavy atom. The van der Waals surface area contributed by atoms with E-state index in [0.29, 0.717) is 11.4 Å². The summed E-state index contributed by atoms with van der Waals surface area (Å²) < 4.78 is 17.7. The number of piperidine rings is 1. The fraction of sp³-hybridized carbons (Fsp3) is 0.333. The first kappa shape index (κ1) is 17.3. The third-order valence-corrected chi connectivity index (χ3v) is 4.79. The lowest BCUT2D eigenvalue weighted by Gasteiger charge is -2.23. The van der Waals surface area contributed by atoms with E-state index in [2.05, 4.69) is 25.9 Å². The van der Waals surface area contributed by atoms with Crippen LogP contribution in [0.3, 0.4) is 0 Å². The first-order valence-corrected chi connectivity index (χ1v) is 8.85. The molecular formula is C18H20FN7O. The molecule has 140 valence electrons. The van der Waals surface area contributed by atoms with Crippen LogP contribution in [0.2, 0.25) is 0 Å². The summed E-state index contributed by atoms with van der Waals surface area (Å²) in [5, 5.41) is 14.2. The van der Waals surface area contributed by atoms with Crippen molar-refractivity contribution in [3.8, 4) is 5.69 Å². The van der Waals surface area contributed by atoms with E-state index < -0.39 is 11.7 Å². The number of nitrogens with zero attached hydrogens (tertiary/aromatic N) is 5. The van der Waals surface area contributed by atoms with E-state index in [1.807, 2.05) is 11.6 Å². The van der Waals surface area contributed by atoms with Gasteiger partial charge in [-0.15, -0.1) is 5.10 Å². The zero-order valence-electron chi connectivity index (χ0n) is 14.9. The zero-order valence-corrected chi connectivity index (χ0v) is 14.9. The number of aromatic nitrogens is 5. The Labute approximate surface area is 155 Å². The first-order chi connectivity index (χ1) is 13.1. The summed E-state index contributed by atoms with van der Waals surface area (Å²) in [7, 11) is 0. The van der Waals surface area contributed by atoms with Crippen molar-refractivity contribution in [2.45, 2.75) is 25.8 Å². The molecule has 1 aromatic carbocycles. The number of anilines is 1. The van der Waals surface area contributed by atoms with Crippen LogP contribution in [0.15, 0.2) is 36.9 Å². The summed E-state index contributed by atoms with van der Waals surface area (Å²) in [5.74, 6) is -0.858. The number of amides is 1. The molecule has 1 amide bonds. The lowest BCUT2D eigenvalue weighted by atomic mass is 10.1. The lowest BCUT2D eigenvalue weighted by molar-refractivity contribution is 0.102. The lowest BCUT2D eigenvalue weighted by Crippen LogP contribution is -2.30. The molecule has 2 aromatic heterocycles. The van der Waals surface area contributed by atoms with Gasteiger partial charge in [-0.05, 0) is 51.1 Å². The van der Waals surface area contributed by atoms with E-state index in [0.717, 1.165) is 31.6 Å². The van der Waals surface area contributed by atoms with Crippen LogP contribution in [0, 0.1) is 12.7 Å². The molecule has 0 aliphatic carbocycles. The summed E-state index contributed by atoms with van der Waals surface area (Å²) in [5.41, 5.74) is 1.69. The number of nitrogens with one attached hydrogen (secondary N) is 2. The number of imidazole rings is 1. The Kier molecular flexibility index (Phi) is 4.68. The Balaban J connectivity index is 1.51. The smallest absolute Gasteiger partial charge is 0.278 e. The second kappa shape index (κ2) is 7.28. The highest BCUT2D eigenvalue weighted by molar-refractivity contribution is 6.03. The van der Waals surface area contributed by atoms with Crippen molar-refractivity contribution in [3.05, 3.63) is 54.1 Å². The SMILES string of the molecule is Cc1c(C(=O)Nc2ccc(-n3ccnc3)c(F)c2)nnn1C1CCNCC1. The van der Waals surface area contributed by atoms with Crippen molar-refractivity contribution in [1.29, 1.82) is 0 Å². The highest BCUT2D eigenvalue weighted by atomic mass is 19.1. The van der Waals surface area contributed by atoms with E-state index >= 15 is 0 Å². The molecule has 1 fully saturated rings. The van der Waals surface area contributed by atoms with Crippen molar-refractivity contribution < 1.29 is 9.18 Å². The molecule has 3 heterocycles. The Morgan fingerprint density at radius 1 is 1.33 bits per heavy atom. The number of carbonyl (C=O) groups excluding carboxylic acids is 1. The fourth-order valence-corrected chi connectivity index (χ4v) is 3.33. The van der Waals surface area contributed by atoms with Gasteiger partial charge in [0.15, 0.2) is 5.69 Å². The molecule has 0 radical (unpaired) electrons. The molecular weight excluding hydrogens is 349 g/mol. The molecule has 0 bridgehead atoms. The molecule has 4 rings (SSSR count). The number of hydrogen-bond acceptors (Lipinski definition) is 5. The van der Waals surface area contributed by atoms with Gasteiger partial charge < -0.3 is 15.2 Å². The standard InChI is InChI=1S/C18H20FN7O/c1-12-17(23-24-26(12)14-4-6-20-7-5-14)18(27)22-13-2-3-16(15(19)10-13)25-9-8-21-11-25/h2-3,8-11,14,20H,4-7H2,1H3,(H,22,27).